The van der Waals surface area contributed by atoms with Gasteiger partial charge in [0, 0.05) is 11.6 Å². The molecule has 3 nitrogen and oxygen atoms in total. The molecule has 0 saturated carbocycles. The second kappa shape index (κ2) is 7.60. The Kier molecular flexibility index (Phi) is 6.43. The van der Waals surface area contributed by atoms with Gasteiger partial charge in [-0.05, 0) is 69.5 Å². The number of amides is 1. The molecule has 0 spiro atoms. The van der Waals surface area contributed by atoms with E-state index in [1.54, 1.807) is 12.1 Å². The van der Waals surface area contributed by atoms with Gasteiger partial charge < -0.3 is 10.6 Å². The van der Waals surface area contributed by atoms with Gasteiger partial charge >= 0.3 is 0 Å². The first-order chi connectivity index (χ1) is 9.08. The zero-order valence-electron chi connectivity index (χ0n) is 11.9. The highest BCUT2D eigenvalue weighted by molar-refractivity contribution is 5.94. The molecule has 2 N–H and O–H groups in total. The predicted octanol–water partition coefficient (Wildman–Crippen LogP) is 2.85. The first-order valence-corrected chi connectivity index (χ1v) is 6.89. The van der Waals surface area contributed by atoms with Crippen LogP contribution in [0.2, 0.25) is 0 Å². The number of halogens is 2. The summed E-state index contributed by atoms with van der Waals surface area (Å²) in [5.74, 6) is -0.119. The first-order valence-electron chi connectivity index (χ1n) is 6.89. The Morgan fingerprint density at radius 3 is 2.60 bits per heavy atom. The van der Waals surface area contributed by atoms with Crippen molar-refractivity contribution in [3.05, 3.63) is 35.1 Å². The number of rotatable bonds is 3. The largest absolute Gasteiger partial charge is 0.350 e. The molecular weight excluding hydrogens is 279 g/mol. The lowest BCUT2D eigenvalue weighted by atomic mass is 9.89. The zero-order chi connectivity index (χ0) is 13.8. The fourth-order valence-electron chi connectivity index (χ4n) is 2.48. The van der Waals surface area contributed by atoms with Crippen LogP contribution in [0.5, 0.6) is 0 Å². The average Bonchev–Trinajstić information content (AvgIpc) is 2.39. The lowest BCUT2D eigenvalue weighted by molar-refractivity contribution is 0.0943. The van der Waals surface area contributed by atoms with E-state index in [1.807, 2.05) is 13.8 Å². The smallest absolute Gasteiger partial charge is 0.251 e. The predicted molar refractivity (Wildman–Crippen MR) is 81.1 cm³/mol. The van der Waals surface area contributed by atoms with Gasteiger partial charge in [-0.25, -0.2) is 4.39 Å². The fourth-order valence-corrected chi connectivity index (χ4v) is 2.48. The highest BCUT2D eigenvalue weighted by Crippen LogP contribution is 2.28. The first kappa shape index (κ1) is 16.9. The van der Waals surface area contributed by atoms with E-state index in [2.05, 4.69) is 10.6 Å². The summed E-state index contributed by atoms with van der Waals surface area (Å²) in [6.45, 7) is 5.64. The van der Waals surface area contributed by atoms with Crippen molar-refractivity contribution in [2.75, 3.05) is 13.1 Å². The molecule has 0 atom stereocenters. The van der Waals surface area contributed by atoms with Gasteiger partial charge in [0.1, 0.15) is 5.82 Å². The number of hydrogen-bond acceptors (Lipinski definition) is 2. The lowest BCUT2D eigenvalue weighted by Gasteiger charge is -2.23. The summed E-state index contributed by atoms with van der Waals surface area (Å²) >= 11 is 0. The molecule has 0 aliphatic carbocycles. The molecule has 112 valence electrons. The van der Waals surface area contributed by atoms with Crippen molar-refractivity contribution >= 4 is 18.3 Å². The SMILES string of the molecule is CC(C)NC(=O)c1ccc(F)c(C2CCNCC2)c1.Cl. The topological polar surface area (TPSA) is 41.1 Å². The van der Waals surface area contributed by atoms with Crippen LogP contribution in [0.15, 0.2) is 18.2 Å². The molecule has 1 aliphatic rings. The van der Waals surface area contributed by atoms with Gasteiger partial charge in [0.25, 0.3) is 5.91 Å². The summed E-state index contributed by atoms with van der Waals surface area (Å²) in [5.41, 5.74) is 1.22. The summed E-state index contributed by atoms with van der Waals surface area (Å²) in [7, 11) is 0. The van der Waals surface area contributed by atoms with Gasteiger partial charge in [0.15, 0.2) is 0 Å². The molecule has 0 unspecified atom stereocenters. The number of carbonyl (C=O) groups is 1. The van der Waals surface area contributed by atoms with E-state index in [9.17, 15) is 9.18 Å². The minimum absolute atomic E-state index is 0. The molecule has 1 aliphatic heterocycles. The lowest BCUT2D eigenvalue weighted by Crippen LogP contribution is -2.30. The highest BCUT2D eigenvalue weighted by Gasteiger charge is 2.20. The highest BCUT2D eigenvalue weighted by atomic mass is 35.5. The van der Waals surface area contributed by atoms with Crippen LogP contribution < -0.4 is 10.6 Å². The third-order valence-corrected chi connectivity index (χ3v) is 3.46. The molecule has 1 fully saturated rings. The minimum Gasteiger partial charge on any atom is -0.350 e. The number of carbonyl (C=O) groups excluding carboxylic acids is 1. The molecule has 1 aromatic rings. The summed E-state index contributed by atoms with van der Waals surface area (Å²) in [4.78, 5) is 12.0. The van der Waals surface area contributed by atoms with Crippen molar-refractivity contribution < 1.29 is 9.18 Å². The van der Waals surface area contributed by atoms with Gasteiger partial charge in [-0.3, -0.25) is 4.79 Å². The standard InChI is InChI=1S/C15H21FN2O.ClH/c1-10(2)18-15(19)12-3-4-14(16)13(9-12)11-5-7-17-8-6-11;/h3-4,9-11,17H,5-8H2,1-2H3,(H,18,19);1H. The Labute approximate surface area is 125 Å². The van der Waals surface area contributed by atoms with Gasteiger partial charge in [-0.15, -0.1) is 12.4 Å². The number of nitrogens with one attached hydrogen (secondary N) is 2. The Morgan fingerprint density at radius 2 is 2.00 bits per heavy atom. The van der Waals surface area contributed by atoms with Crippen molar-refractivity contribution in [2.24, 2.45) is 0 Å². The van der Waals surface area contributed by atoms with Crippen LogP contribution in [0.3, 0.4) is 0 Å². The van der Waals surface area contributed by atoms with E-state index in [4.69, 9.17) is 0 Å². The molecule has 1 aromatic carbocycles. The van der Waals surface area contributed by atoms with Crippen LogP contribution in [-0.2, 0) is 0 Å². The Morgan fingerprint density at radius 1 is 1.35 bits per heavy atom. The normalized spacial score (nSPS) is 15.8. The molecule has 1 heterocycles. The van der Waals surface area contributed by atoms with Gasteiger partial charge in [-0.1, -0.05) is 0 Å². The molecule has 0 bridgehead atoms. The molecule has 1 amide bonds. The van der Waals surface area contributed by atoms with Gasteiger partial charge in [0.2, 0.25) is 0 Å². The van der Waals surface area contributed by atoms with Crippen LogP contribution in [0, 0.1) is 5.82 Å². The maximum absolute atomic E-state index is 13.9. The molecule has 0 radical (unpaired) electrons. The van der Waals surface area contributed by atoms with Crippen molar-refractivity contribution in [3.8, 4) is 0 Å². The van der Waals surface area contributed by atoms with Crippen LogP contribution >= 0.6 is 12.4 Å². The molecule has 5 heteroatoms. The van der Waals surface area contributed by atoms with Crippen LogP contribution in [0.4, 0.5) is 4.39 Å². The Bertz CT molecular complexity index is 459. The quantitative estimate of drug-likeness (QED) is 0.901. The van der Waals surface area contributed by atoms with Crippen molar-refractivity contribution in [2.45, 2.75) is 38.6 Å². The Hall–Kier alpha value is -1.13. The third kappa shape index (κ3) is 4.18. The maximum atomic E-state index is 13.9. The van der Waals surface area contributed by atoms with E-state index < -0.39 is 0 Å². The Balaban J connectivity index is 0.00000200. The number of benzene rings is 1. The molecule has 1 saturated heterocycles. The van der Waals surface area contributed by atoms with E-state index in [1.165, 1.54) is 6.07 Å². The zero-order valence-corrected chi connectivity index (χ0v) is 12.7. The van der Waals surface area contributed by atoms with Gasteiger partial charge in [0.05, 0.1) is 0 Å². The van der Waals surface area contributed by atoms with E-state index in [-0.39, 0.29) is 36.1 Å². The minimum atomic E-state index is -0.201. The molecular formula is C15H22ClFN2O. The summed E-state index contributed by atoms with van der Waals surface area (Å²) in [5, 5.41) is 6.10. The summed E-state index contributed by atoms with van der Waals surface area (Å²) in [6, 6.07) is 4.76. The second-order valence-corrected chi connectivity index (χ2v) is 5.39. The van der Waals surface area contributed by atoms with Crippen LogP contribution in [0.1, 0.15) is 48.5 Å². The summed E-state index contributed by atoms with van der Waals surface area (Å²) < 4.78 is 13.9. The fraction of sp³-hybridized carbons (Fsp3) is 0.533. The van der Waals surface area contributed by atoms with Gasteiger partial charge in [-0.2, -0.15) is 0 Å². The maximum Gasteiger partial charge on any atom is 0.251 e. The molecule has 2 rings (SSSR count). The van der Waals surface area contributed by atoms with Crippen molar-refractivity contribution in [1.82, 2.24) is 10.6 Å². The molecule has 0 aromatic heterocycles. The van der Waals surface area contributed by atoms with E-state index >= 15 is 0 Å². The van der Waals surface area contributed by atoms with E-state index in [0.29, 0.717) is 11.1 Å². The van der Waals surface area contributed by atoms with Crippen molar-refractivity contribution in [1.29, 1.82) is 0 Å². The monoisotopic (exact) mass is 300 g/mol. The number of piperidine rings is 1. The number of hydrogen-bond donors (Lipinski definition) is 2. The third-order valence-electron chi connectivity index (χ3n) is 3.46. The molecule has 20 heavy (non-hydrogen) atoms. The second-order valence-electron chi connectivity index (χ2n) is 5.39. The van der Waals surface area contributed by atoms with Crippen molar-refractivity contribution in [3.63, 3.8) is 0 Å². The van der Waals surface area contributed by atoms with Crippen LogP contribution in [0.25, 0.3) is 0 Å². The van der Waals surface area contributed by atoms with Crippen LogP contribution in [-0.4, -0.2) is 25.0 Å². The van der Waals surface area contributed by atoms with E-state index in [0.717, 1.165) is 25.9 Å². The summed E-state index contributed by atoms with van der Waals surface area (Å²) in [6.07, 6.45) is 1.85. The average molecular weight is 301 g/mol.